The van der Waals surface area contributed by atoms with Gasteiger partial charge in [-0.05, 0) is 37.1 Å². The van der Waals surface area contributed by atoms with Gasteiger partial charge < -0.3 is 19.8 Å². The first kappa shape index (κ1) is 17.1. The Morgan fingerprint density at radius 1 is 1.25 bits per heavy atom. The molecule has 1 aromatic carbocycles. The molecule has 0 amide bonds. The Morgan fingerprint density at radius 3 is 2.88 bits per heavy atom. The van der Waals surface area contributed by atoms with Crippen molar-refractivity contribution in [2.45, 2.75) is 39.2 Å². The summed E-state index contributed by atoms with van der Waals surface area (Å²) in [6.07, 6.45) is 3.26. The molecule has 2 aliphatic heterocycles. The molecule has 0 saturated carbocycles. The Labute approximate surface area is 145 Å². The van der Waals surface area contributed by atoms with E-state index in [-0.39, 0.29) is 6.04 Å². The van der Waals surface area contributed by atoms with Gasteiger partial charge in [0.05, 0.1) is 19.8 Å². The summed E-state index contributed by atoms with van der Waals surface area (Å²) in [5.41, 5.74) is 5.89. The zero-order chi connectivity index (χ0) is 16.9. The summed E-state index contributed by atoms with van der Waals surface area (Å²) in [7, 11) is 1.70. The van der Waals surface area contributed by atoms with Gasteiger partial charge in [-0.2, -0.15) is 5.10 Å². The first-order chi connectivity index (χ1) is 11.8. The SMILES string of the molecule is CCCOc1ccc(C2NN=C3CCN(CCC)CC32)cc1OC. The number of nitrogens with zero attached hydrogens (tertiary/aromatic N) is 2. The van der Waals surface area contributed by atoms with Crippen molar-refractivity contribution >= 4 is 5.71 Å². The third-order valence-corrected chi connectivity index (χ3v) is 4.87. The molecular formula is C19H29N3O2. The molecule has 0 bridgehead atoms. The van der Waals surface area contributed by atoms with Gasteiger partial charge in [0.2, 0.25) is 0 Å². The zero-order valence-electron chi connectivity index (χ0n) is 15.0. The molecular weight excluding hydrogens is 302 g/mol. The largest absolute Gasteiger partial charge is 0.493 e. The molecule has 1 aromatic rings. The van der Waals surface area contributed by atoms with Crippen molar-refractivity contribution in [1.29, 1.82) is 0 Å². The molecule has 5 heteroatoms. The fourth-order valence-electron chi connectivity index (χ4n) is 3.65. The quantitative estimate of drug-likeness (QED) is 0.833. The normalized spacial score (nSPS) is 23.4. The Kier molecular flexibility index (Phi) is 5.61. The number of piperidine rings is 1. The topological polar surface area (TPSA) is 46.1 Å². The van der Waals surface area contributed by atoms with Crippen molar-refractivity contribution in [1.82, 2.24) is 10.3 Å². The van der Waals surface area contributed by atoms with E-state index < -0.39 is 0 Å². The number of hydrazone groups is 1. The van der Waals surface area contributed by atoms with Gasteiger partial charge in [0.15, 0.2) is 11.5 Å². The summed E-state index contributed by atoms with van der Waals surface area (Å²) in [6.45, 7) is 8.44. The second kappa shape index (κ2) is 7.88. The van der Waals surface area contributed by atoms with Gasteiger partial charge in [-0.3, -0.25) is 0 Å². The summed E-state index contributed by atoms with van der Waals surface area (Å²) < 4.78 is 11.3. The number of fused-ring (bicyclic) bond motifs is 1. The van der Waals surface area contributed by atoms with Gasteiger partial charge >= 0.3 is 0 Å². The summed E-state index contributed by atoms with van der Waals surface area (Å²) >= 11 is 0. The maximum atomic E-state index is 5.77. The van der Waals surface area contributed by atoms with Gasteiger partial charge in [0, 0.05) is 31.1 Å². The van der Waals surface area contributed by atoms with E-state index in [1.165, 1.54) is 24.2 Å². The number of nitrogens with one attached hydrogen (secondary N) is 1. The van der Waals surface area contributed by atoms with E-state index in [0.717, 1.165) is 37.4 Å². The molecule has 2 heterocycles. The van der Waals surface area contributed by atoms with Crippen LogP contribution in [0.4, 0.5) is 0 Å². The lowest BCUT2D eigenvalue weighted by atomic mass is 9.86. The van der Waals surface area contributed by atoms with Crippen LogP contribution in [0, 0.1) is 5.92 Å². The number of benzene rings is 1. The van der Waals surface area contributed by atoms with E-state index in [0.29, 0.717) is 12.5 Å². The molecule has 1 N–H and O–H groups in total. The number of likely N-dealkylation sites (tertiary alicyclic amines) is 1. The highest BCUT2D eigenvalue weighted by molar-refractivity contribution is 5.90. The van der Waals surface area contributed by atoms with Gasteiger partial charge in [-0.1, -0.05) is 19.9 Å². The highest BCUT2D eigenvalue weighted by atomic mass is 16.5. The van der Waals surface area contributed by atoms with E-state index >= 15 is 0 Å². The number of hydrogen-bond donors (Lipinski definition) is 1. The smallest absolute Gasteiger partial charge is 0.161 e. The molecule has 1 fully saturated rings. The van der Waals surface area contributed by atoms with Crippen LogP contribution >= 0.6 is 0 Å². The Bertz CT molecular complexity index is 588. The average molecular weight is 331 g/mol. The zero-order valence-corrected chi connectivity index (χ0v) is 15.0. The molecule has 5 nitrogen and oxygen atoms in total. The first-order valence-corrected chi connectivity index (χ1v) is 9.11. The van der Waals surface area contributed by atoms with E-state index in [4.69, 9.17) is 9.47 Å². The number of ether oxygens (including phenoxy) is 2. The van der Waals surface area contributed by atoms with E-state index in [2.05, 4.69) is 41.4 Å². The van der Waals surface area contributed by atoms with Crippen LogP contribution in [0.15, 0.2) is 23.3 Å². The highest BCUT2D eigenvalue weighted by Crippen LogP contribution is 2.36. The Balaban J connectivity index is 1.76. The molecule has 0 aromatic heterocycles. The standard InChI is InChI=1S/C19H29N3O2/c1-4-9-22-10-8-16-15(13-22)19(21-20-16)14-6-7-17(24-11-5-2)18(12-14)23-3/h6-7,12,15,19,21H,4-5,8-11,13H2,1-3H3. The number of methoxy groups -OCH3 is 1. The van der Waals surface area contributed by atoms with Crippen molar-refractivity contribution < 1.29 is 9.47 Å². The first-order valence-electron chi connectivity index (χ1n) is 9.11. The van der Waals surface area contributed by atoms with Gasteiger partial charge in [-0.25, -0.2) is 0 Å². The molecule has 0 spiro atoms. The number of hydrogen-bond acceptors (Lipinski definition) is 5. The predicted octanol–water partition coefficient (Wildman–Crippen LogP) is 3.22. The lowest BCUT2D eigenvalue weighted by Crippen LogP contribution is -2.42. The minimum Gasteiger partial charge on any atom is -0.493 e. The second-order valence-electron chi connectivity index (χ2n) is 6.63. The minimum absolute atomic E-state index is 0.230. The van der Waals surface area contributed by atoms with Crippen molar-refractivity contribution in [3.05, 3.63) is 23.8 Å². The van der Waals surface area contributed by atoms with Gasteiger partial charge in [0.1, 0.15) is 0 Å². The van der Waals surface area contributed by atoms with E-state index in [9.17, 15) is 0 Å². The predicted molar refractivity (Wildman–Crippen MR) is 96.9 cm³/mol. The summed E-state index contributed by atoms with van der Waals surface area (Å²) in [4.78, 5) is 2.56. The molecule has 132 valence electrons. The van der Waals surface area contributed by atoms with Gasteiger partial charge in [-0.15, -0.1) is 0 Å². The fourth-order valence-corrected chi connectivity index (χ4v) is 3.65. The molecule has 2 aliphatic rings. The van der Waals surface area contributed by atoms with Crippen LogP contribution in [0.1, 0.15) is 44.7 Å². The third kappa shape index (κ3) is 3.51. The molecule has 0 radical (unpaired) electrons. The van der Waals surface area contributed by atoms with E-state index in [1.807, 2.05) is 6.07 Å². The lowest BCUT2D eigenvalue weighted by Gasteiger charge is -2.33. The van der Waals surface area contributed by atoms with E-state index in [1.54, 1.807) is 7.11 Å². The number of rotatable bonds is 7. The van der Waals surface area contributed by atoms with Gasteiger partial charge in [0.25, 0.3) is 0 Å². The summed E-state index contributed by atoms with van der Waals surface area (Å²) in [5, 5.41) is 4.61. The lowest BCUT2D eigenvalue weighted by molar-refractivity contribution is 0.228. The van der Waals surface area contributed by atoms with Crippen LogP contribution in [0.2, 0.25) is 0 Å². The van der Waals surface area contributed by atoms with Crippen LogP contribution in [0.3, 0.4) is 0 Å². The molecule has 24 heavy (non-hydrogen) atoms. The molecule has 2 atom stereocenters. The van der Waals surface area contributed by atoms with Crippen LogP contribution in [0.25, 0.3) is 0 Å². The monoisotopic (exact) mass is 331 g/mol. The van der Waals surface area contributed by atoms with Crippen molar-refractivity contribution in [2.24, 2.45) is 11.0 Å². The van der Waals surface area contributed by atoms with Crippen LogP contribution in [-0.4, -0.2) is 44.0 Å². The maximum absolute atomic E-state index is 5.77. The third-order valence-electron chi connectivity index (χ3n) is 4.87. The van der Waals surface area contributed by atoms with Crippen LogP contribution in [0.5, 0.6) is 11.5 Å². The summed E-state index contributed by atoms with van der Waals surface area (Å²) in [6, 6.07) is 6.49. The fraction of sp³-hybridized carbons (Fsp3) is 0.632. The van der Waals surface area contributed by atoms with Crippen molar-refractivity contribution in [2.75, 3.05) is 33.4 Å². The maximum Gasteiger partial charge on any atom is 0.161 e. The average Bonchev–Trinajstić information content (AvgIpc) is 3.03. The Morgan fingerprint density at radius 2 is 2.12 bits per heavy atom. The molecule has 1 saturated heterocycles. The second-order valence-corrected chi connectivity index (χ2v) is 6.63. The highest BCUT2D eigenvalue weighted by Gasteiger charge is 2.37. The van der Waals surface area contributed by atoms with Crippen LogP contribution < -0.4 is 14.9 Å². The summed E-state index contributed by atoms with van der Waals surface area (Å²) in [5.74, 6) is 2.08. The van der Waals surface area contributed by atoms with Crippen molar-refractivity contribution in [3.63, 3.8) is 0 Å². The minimum atomic E-state index is 0.230. The molecule has 0 aliphatic carbocycles. The molecule has 2 unspecified atom stereocenters. The molecule has 3 rings (SSSR count). The van der Waals surface area contributed by atoms with Crippen LogP contribution in [-0.2, 0) is 0 Å². The van der Waals surface area contributed by atoms with Crippen molar-refractivity contribution in [3.8, 4) is 11.5 Å². The Hall–Kier alpha value is -1.75.